The van der Waals surface area contributed by atoms with Crippen LogP contribution in [0.4, 0.5) is 0 Å². The van der Waals surface area contributed by atoms with E-state index < -0.39 is 11.0 Å². The van der Waals surface area contributed by atoms with Gasteiger partial charge in [0.25, 0.3) is 0 Å². The minimum atomic E-state index is -0.710. The molecule has 3 aliphatic heterocycles. The molecule has 0 saturated carbocycles. The Bertz CT molecular complexity index is 572. The molecule has 1 N–H and O–H groups in total. The highest BCUT2D eigenvalue weighted by Gasteiger charge is 2.65. The second-order valence-corrected chi connectivity index (χ2v) is 6.76. The summed E-state index contributed by atoms with van der Waals surface area (Å²) in [5.41, 5.74) is -1.33. The Hall–Kier alpha value is -1.40. The fourth-order valence-electron chi connectivity index (χ4n) is 3.75. The van der Waals surface area contributed by atoms with Gasteiger partial charge < -0.3 is 9.47 Å². The van der Waals surface area contributed by atoms with Crippen molar-refractivity contribution < 1.29 is 19.1 Å². The highest BCUT2D eigenvalue weighted by atomic mass is 32.1. The van der Waals surface area contributed by atoms with Gasteiger partial charge in [-0.15, -0.1) is 11.3 Å². The molecule has 1 aromatic rings. The molecule has 0 aliphatic carbocycles. The number of hydrogen-bond donors (Lipinski definition) is 1. The summed E-state index contributed by atoms with van der Waals surface area (Å²) < 4.78 is 10.4. The van der Waals surface area contributed by atoms with E-state index in [9.17, 15) is 9.59 Å². The standard InChI is InChI=1S/C14H15NO4S/c16-11-13(3-5-18-11)8-14(4-6-19-12(14)17)15-10(13)9-2-1-7-20-9/h1-2,7,10,15H,3-6,8H2/t10-,13+,14-/m1/s1. The maximum Gasteiger partial charge on any atom is 0.326 e. The second kappa shape index (κ2) is 4.05. The summed E-state index contributed by atoms with van der Waals surface area (Å²) in [6.45, 7) is 0.863. The van der Waals surface area contributed by atoms with E-state index in [2.05, 4.69) is 5.32 Å². The van der Waals surface area contributed by atoms with Crippen molar-refractivity contribution in [2.24, 2.45) is 5.41 Å². The minimum Gasteiger partial charge on any atom is -0.465 e. The Labute approximate surface area is 120 Å². The van der Waals surface area contributed by atoms with E-state index in [1.165, 1.54) is 0 Å². The van der Waals surface area contributed by atoms with Crippen LogP contribution >= 0.6 is 11.3 Å². The first-order chi connectivity index (χ1) is 9.66. The summed E-state index contributed by atoms with van der Waals surface area (Å²) in [5.74, 6) is -0.407. The molecule has 0 radical (unpaired) electrons. The average Bonchev–Trinajstić information content (AvgIpc) is 3.16. The van der Waals surface area contributed by atoms with Gasteiger partial charge in [0.05, 0.1) is 24.7 Å². The maximum atomic E-state index is 12.3. The Morgan fingerprint density at radius 2 is 2.00 bits per heavy atom. The lowest BCUT2D eigenvalue weighted by Gasteiger charge is -2.24. The largest absolute Gasteiger partial charge is 0.465 e. The van der Waals surface area contributed by atoms with Gasteiger partial charge in [-0.3, -0.25) is 14.9 Å². The van der Waals surface area contributed by atoms with E-state index in [0.29, 0.717) is 32.5 Å². The summed E-state index contributed by atoms with van der Waals surface area (Å²) in [7, 11) is 0. The number of rotatable bonds is 1. The molecule has 2 spiro atoms. The van der Waals surface area contributed by atoms with Crippen molar-refractivity contribution in [1.29, 1.82) is 0 Å². The third-order valence-corrected chi connectivity index (χ3v) is 5.70. The van der Waals surface area contributed by atoms with Gasteiger partial charge in [-0.05, 0) is 24.3 Å². The first-order valence-corrected chi connectivity index (χ1v) is 7.70. The quantitative estimate of drug-likeness (QED) is 0.793. The van der Waals surface area contributed by atoms with Crippen molar-refractivity contribution >= 4 is 23.3 Å². The van der Waals surface area contributed by atoms with Crippen molar-refractivity contribution in [3.63, 3.8) is 0 Å². The predicted molar refractivity (Wildman–Crippen MR) is 71.1 cm³/mol. The third-order valence-electron chi connectivity index (χ3n) is 4.76. The Balaban J connectivity index is 1.79. The number of nitrogens with one attached hydrogen (secondary N) is 1. The van der Waals surface area contributed by atoms with E-state index in [1.54, 1.807) is 11.3 Å². The lowest BCUT2D eigenvalue weighted by Crippen LogP contribution is -2.44. The number of hydrogen-bond acceptors (Lipinski definition) is 6. The van der Waals surface area contributed by atoms with Crippen LogP contribution in [0.15, 0.2) is 17.5 Å². The van der Waals surface area contributed by atoms with E-state index in [1.807, 2.05) is 17.5 Å². The molecule has 20 heavy (non-hydrogen) atoms. The van der Waals surface area contributed by atoms with Crippen LogP contribution in [0, 0.1) is 5.41 Å². The molecule has 3 atom stereocenters. The smallest absolute Gasteiger partial charge is 0.326 e. The van der Waals surface area contributed by atoms with Crippen molar-refractivity contribution in [1.82, 2.24) is 5.32 Å². The first-order valence-electron chi connectivity index (χ1n) is 6.82. The Morgan fingerprint density at radius 3 is 2.60 bits per heavy atom. The molecular weight excluding hydrogens is 278 g/mol. The van der Waals surface area contributed by atoms with Gasteiger partial charge in [0.15, 0.2) is 0 Å². The molecule has 3 aliphatic rings. The van der Waals surface area contributed by atoms with Crippen LogP contribution in [-0.2, 0) is 19.1 Å². The molecule has 3 saturated heterocycles. The highest BCUT2D eigenvalue weighted by molar-refractivity contribution is 7.10. The maximum absolute atomic E-state index is 12.3. The number of cyclic esters (lactones) is 2. The van der Waals surface area contributed by atoms with E-state index >= 15 is 0 Å². The molecule has 0 bridgehead atoms. The van der Waals surface area contributed by atoms with E-state index in [0.717, 1.165) is 4.88 Å². The number of carbonyl (C=O) groups is 2. The van der Waals surface area contributed by atoms with Gasteiger partial charge in [-0.1, -0.05) is 6.07 Å². The molecule has 6 heteroatoms. The van der Waals surface area contributed by atoms with E-state index in [4.69, 9.17) is 9.47 Å². The van der Waals surface area contributed by atoms with Crippen molar-refractivity contribution in [3.8, 4) is 0 Å². The van der Waals surface area contributed by atoms with Crippen LogP contribution < -0.4 is 5.32 Å². The van der Waals surface area contributed by atoms with Crippen molar-refractivity contribution in [2.45, 2.75) is 30.8 Å². The number of carbonyl (C=O) groups excluding carboxylic acids is 2. The molecule has 0 aromatic carbocycles. The van der Waals surface area contributed by atoms with Crippen LogP contribution in [0.2, 0.25) is 0 Å². The third kappa shape index (κ3) is 1.46. The normalized spacial score (nSPS) is 39.7. The van der Waals surface area contributed by atoms with Crippen LogP contribution in [0.25, 0.3) is 0 Å². The lowest BCUT2D eigenvalue weighted by molar-refractivity contribution is -0.147. The minimum absolute atomic E-state index is 0.150. The number of ether oxygens (including phenoxy) is 2. The first kappa shape index (κ1) is 12.3. The van der Waals surface area contributed by atoms with Crippen LogP contribution in [0.3, 0.4) is 0 Å². The number of thiophene rings is 1. The molecule has 0 unspecified atom stereocenters. The molecule has 5 nitrogen and oxygen atoms in total. The monoisotopic (exact) mass is 293 g/mol. The zero-order valence-electron chi connectivity index (χ0n) is 10.9. The van der Waals surface area contributed by atoms with Crippen molar-refractivity contribution in [3.05, 3.63) is 22.4 Å². The molecule has 3 fully saturated rings. The fourth-order valence-corrected chi connectivity index (χ4v) is 4.64. The van der Waals surface area contributed by atoms with Gasteiger partial charge in [-0.25, -0.2) is 0 Å². The summed E-state index contributed by atoms with van der Waals surface area (Å²) in [6.07, 6.45) is 1.78. The van der Waals surface area contributed by atoms with Gasteiger partial charge in [-0.2, -0.15) is 0 Å². The molecule has 106 valence electrons. The summed E-state index contributed by atoms with van der Waals surface area (Å²) >= 11 is 1.60. The van der Waals surface area contributed by atoms with Gasteiger partial charge in [0.2, 0.25) is 0 Å². The molecule has 1 aromatic heterocycles. The average molecular weight is 293 g/mol. The van der Waals surface area contributed by atoms with Crippen LogP contribution in [0.1, 0.15) is 30.2 Å². The molecular formula is C14H15NO4S. The Kier molecular flexibility index (Phi) is 2.50. The topological polar surface area (TPSA) is 64.6 Å². The van der Waals surface area contributed by atoms with Gasteiger partial charge >= 0.3 is 11.9 Å². The molecule has 4 rings (SSSR count). The molecule has 4 heterocycles. The highest BCUT2D eigenvalue weighted by Crippen LogP contribution is 2.56. The van der Waals surface area contributed by atoms with Gasteiger partial charge in [0, 0.05) is 11.3 Å². The summed E-state index contributed by atoms with van der Waals surface area (Å²) in [4.78, 5) is 25.6. The SMILES string of the molecule is O=C1OCC[C@@]12C[C@@]1(CCOC1=O)[C@@H](c1cccs1)N2. The van der Waals surface area contributed by atoms with Crippen LogP contribution in [0.5, 0.6) is 0 Å². The molecule has 0 amide bonds. The van der Waals surface area contributed by atoms with E-state index in [-0.39, 0.29) is 18.0 Å². The van der Waals surface area contributed by atoms with Crippen molar-refractivity contribution in [2.75, 3.05) is 13.2 Å². The zero-order valence-corrected chi connectivity index (χ0v) is 11.7. The predicted octanol–water partition coefficient (Wildman–Crippen LogP) is 1.40. The second-order valence-electron chi connectivity index (χ2n) is 5.78. The number of esters is 2. The fraction of sp³-hybridized carbons (Fsp3) is 0.571. The zero-order chi connectivity index (χ0) is 13.8. The summed E-state index contributed by atoms with van der Waals surface area (Å²) in [6, 6.07) is 3.82. The van der Waals surface area contributed by atoms with Crippen LogP contribution in [-0.4, -0.2) is 30.7 Å². The Morgan fingerprint density at radius 1 is 1.20 bits per heavy atom. The summed E-state index contributed by atoms with van der Waals surface area (Å²) in [5, 5.41) is 5.41. The lowest BCUT2D eigenvalue weighted by atomic mass is 9.74. The van der Waals surface area contributed by atoms with Gasteiger partial charge in [0.1, 0.15) is 5.54 Å².